The molecule has 3 heteroatoms. The molecule has 2 fully saturated rings. The van der Waals surface area contributed by atoms with Crippen LogP contribution >= 0.6 is 0 Å². The highest BCUT2D eigenvalue weighted by Gasteiger charge is 2.35. The molecular formula is C12H23NO2. The molecule has 0 amide bonds. The smallest absolute Gasteiger partial charge is 0.0703 e. The van der Waals surface area contributed by atoms with Gasteiger partial charge in [-0.2, -0.15) is 0 Å². The van der Waals surface area contributed by atoms with Crippen LogP contribution in [-0.4, -0.2) is 47.4 Å². The van der Waals surface area contributed by atoms with Gasteiger partial charge >= 0.3 is 0 Å². The highest BCUT2D eigenvalue weighted by atomic mass is 16.5. The average molecular weight is 213 g/mol. The Kier molecular flexibility index (Phi) is 3.33. The number of likely N-dealkylation sites (tertiary alicyclic amines) is 1. The molecule has 2 unspecified atom stereocenters. The monoisotopic (exact) mass is 213 g/mol. The molecule has 0 aromatic carbocycles. The van der Waals surface area contributed by atoms with Gasteiger partial charge in [0.25, 0.3) is 0 Å². The first kappa shape index (κ1) is 11.4. The van der Waals surface area contributed by atoms with Crippen molar-refractivity contribution >= 4 is 0 Å². The molecule has 1 N–H and O–H groups in total. The Morgan fingerprint density at radius 2 is 2.20 bits per heavy atom. The summed E-state index contributed by atoms with van der Waals surface area (Å²) in [5.41, 5.74) is 0.227. The van der Waals surface area contributed by atoms with E-state index in [0.29, 0.717) is 6.10 Å². The maximum atomic E-state index is 9.70. The van der Waals surface area contributed by atoms with Gasteiger partial charge in [0.15, 0.2) is 0 Å². The Morgan fingerprint density at radius 1 is 1.40 bits per heavy atom. The van der Waals surface area contributed by atoms with Gasteiger partial charge < -0.3 is 9.84 Å². The number of nitrogens with zero attached hydrogens (tertiary/aromatic N) is 1. The van der Waals surface area contributed by atoms with E-state index in [9.17, 15) is 5.11 Å². The molecule has 0 spiro atoms. The average Bonchev–Trinajstić information content (AvgIpc) is 2.65. The zero-order valence-corrected chi connectivity index (χ0v) is 9.91. The Bertz CT molecular complexity index is 212. The first-order chi connectivity index (χ1) is 7.08. The molecule has 0 aromatic rings. The second-order valence-corrected chi connectivity index (χ2v) is 5.54. The number of rotatable bonds is 2. The van der Waals surface area contributed by atoms with Crippen molar-refractivity contribution in [3.63, 3.8) is 0 Å². The number of aliphatic hydroxyl groups excluding tert-OH is 1. The third-order valence-corrected chi connectivity index (χ3v) is 3.82. The third-order valence-electron chi connectivity index (χ3n) is 3.82. The summed E-state index contributed by atoms with van der Waals surface area (Å²) in [6.07, 6.45) is 4.66. The van der Waals surface area contributed by atoms with Gasteiger partial charge in [0.05, 0.1) is 12.2 Å². The predicted octanol–water partition coefficient (Wildman–Crippen LogP) is 1.40. The van der Waals surface area contributed by atoms with E-state index >= 15 is 0 Å². The van der Waals surface area contributed by atoms with Gasteiger partial charge in [-0.1, -0.05) is 0 Å². The number of hydrogen-bond acceptors (Lipinski definition) is 3. The molecule has 3 nitrogen and oxygen atoms in total. The maximum Gasteiger partial charge on any atom is 0.0703 e. The van der Waals surface area contributed by atoms with Crippen molar-refractivity contribution in [2.45, 2.75) is 57.3 Å². The highest BCUT2D eigenvalue weighted by molar-refractivity contribution is 4.90. The molecule has 0 radical (unpaired) electrons. The Labute approximate surface area is 92.4 Å². The fourth-order valence-corrected chi connectivity index (χ4v) is 2.63. The van der Waals surface area contributed by atoms with Gasteiger partial charge in [-0.05, 0) is 39.5 Å². The van der Waals surface area contributed by atoms with E-state index in [2.05, 4.69) is 18.7 Å². The summed E-state index contributed by atoms with van der Waals surface area (Å²) in [4.78, 5) is 2.40. The van der Waals surface area contributed by atoms with Crippen LogP contribution in [0.25, 0.3) is 0 Å². The number of ether oxygens (including phenoxy) is 1. The summed E-state index contributed by atoms with van der Waals surface area (Å²) < 4.78 is 5.66. The van der Waals surface area contributed by atoms with E-state index < -0.39 is 0 Å². The lowest BCUT2D eigenvalue weighted by Gasteiger charge is -2.45. The van der Waals surface area contributed by atoms with Crippen LogP contribution in [0.3, 0.4) is 0 Å². The van der Waals surface area contributed by atoms with Crippen LogP contribution < -0.4 is 0 Å². The van der Waals surface area contributed by atoms with Crippen molar-refractivity contribution in [2.75, 3.05) is 19.7 Å². The molecule has 0 bridgehead atoms. The Hall–Kier alpha value is -0.120. The third kappa shape index (κ3) is 2.71. The summed E-state index contributed by atoms with van der Waals surface area (Å²) in [6.45, 7) is 7.26. The van der Waals surface area contributed by atoms with E-state index in [1.54, 1.807) is 0 Å². The number of β-amino-alcohol motifs (C(OH)–C–C–N with tert-alkyl or cyclic N) is 1. The molecule has 0 aliphatic carbocycles. The first-order valence-electron chi connectivity index (χ1n) is 6.13. The van der Waals surface area contributed by atoms with Crippen LogP contribution in [-0.2, 0) is 4.74 Å². The van der Waals surface area contributed by atoms with Crippen LogP contribution in [0, 0.1) is 0 Å². The fraction of sp³-hybridized carbons (Fsp3) is 1.00. The van der Waals surface area contributed by atoms with Gasteiger partial charge in [0.1, 0.15) is 0 Å². The van der Waals surface area contributed by atoms with Gasteiger partial charge in [0, 0.05) is 25.2 Å². The van der Waals surface area contributed by atoms with Gasteiger partial charge in [-0.3, -0.25) is 4.90 Å². The molecule has 15 heavy (non-hydrogen) atoms. The van der Waals surface area contributed by atoms with E-state index in [-0.39, 0.29) is 11.6 Å². The normalized spacial score (nSPS) is 37.0. The summed E-state index contributed by atoms with van der Waals surface area (Å²) >= 11 is 0. The lowest BCUT2D eigenvalue weighted by molar-refractivity contribution is -0.0328. The molecule has 2 aliphatic heterocycles. The Morgan fingerprint density at radius 3 is 2.87 bits per heavy atom. The number of piperidine rings is 1. The van der Waals surface area contributed by atoms with Crippen LogP contribution in [0.4, 0.5) is 0 Å². The van der Waals surface area contributed by atoms with Crippen LogP contribution in [0.1, 0.15) is 39.5 Å². The van der Waals surface area contributed by atoms with Crippen molar-refractivity contribution in [3.05, 3.63) is 0 Å². The van der Waals surface area contributed by atoms with E-state index in [4.69, 9.17) is 4.74 Å². The Balaban J connectivity index is 1.92. The van der Waals surface area contributed by atoms with Crippen molar-refractivity contribution in [1.29, 1.82) is 0 Å². The zero-order chi connectivity index (χ0) is 10.9. The maximum absolute atomic E-state index is 9.70. The zero-order valence-electron chi connectivity index (χ0n) is 9.91. The molecule has 0 aromatic heterocycles. The second-order valence-electron chi connectivity index (χ2n) is 5.54. The van der Waals surface area contributed by atoms with E-state index in [0.717, 1.165) is 32.5 Å². The van der Waals surface area contributed by atoms with Crippen LogP contribution in [0.2, 0.25) is 0 Å². The first-order valence-corrected chi connectivity index (χ1v) is 6.13. The van der Waals surface area contributed by atoms with E-state index in [1.807, 2.05) is 0 Å². The van der Waals surface area contributed by atoms with Crippen LogP contribution in [0.5, 0.6) is 0 Å². The summed E-state index contributed by atoms with van der Waals surface area (Å²) in [5.74, 6) is 0. The summed E-state index contributed by atoms with van der Waals surface area (Å²) in [6, 6.07) is 0. The van der Waals surface area contributed by atoms with Crippen molar-refractivity contribution in [3.8, 4) is 0 Å². The highest BCUT2D eigenvalue weighted by Crippen LogP contribution is 2.29. The predicted molar refractivity (Wildman–Crippen MR) is 59.9 cm³/mol. The van der Waals surface area contributed by atoms with Crippen molar-refractivity contribution in [2.24, 2.45) is 0 Å². The van der Waals surface area contributed by atoms with Gasteiger partial charge in [-0.25, -0.2) is 0 Å². The standard InChI is InChI=1S/C12H23NO2/c1-12(2)6-5-10(14)8-13(12)9-11-4-3-7-15-11/h10-11,14H,3-9H2,1-2H3. The van der Waals surface area contributed by atoms with Gasteiger partial charge in [-0.15, -0.1) is 0 Å². The second kappa shape index (κ2) is 4.40. The molecule has 2 aliphatic rings. The minimum absolute atomic E-state index is 0.139. The SMILES string of the molecule is CC1(C)CCC(O)CN1CC1CCCO1. The molecular weight excluding hydrogens is 190 g/mol. The molecule has 2 heterocycles. The minimum Gasteiger partial charge on any atom is -0.392 e. The molecule has 0 saturated carbocycles. The molecule has 2 rings (SSSR count). The molecule has 2 saturated heterocycles. The lowest BCUT2D eigenvalue weighted by atomic mass is 9.89. The number of hydrogen-bond donors (Lipinski definition) is 1. The lowest BCUT2D eigenvalue weighted by Crippen LogP contribution is -2.54. The minimum atomic E-state index is -0.139. The van der Waals surface area contributed by atoms with Crippen LogP contribution in [0.15, 0.2) is 0 Å². The summed E-state index contributed by atoms with van der Waals surface area (Å²) in [7, 11) is 0. The van der Waals surface area contributed by atoms with Crippen molar-refractivity contribution in [1.82, 2.24) is 4.90 Å². The topological polar surface area (TPSA) is 32.7 Å². The van der Waals surface area contributed by atoms with Crippen molar-refractivity contribution < 1.29 is 9.84 Å². The quantitative estimate of drug-likeness (QED) is 0.752. The largest absolute Gasteiger partial charge is 0.392 e. The number of aliphatic hydroxyl groups is 1. The summed E-state index contributed by atoms with van der Waals surface area (Å²) in [5, 5.41) is 9.70. The molecule has 2 atom stereocenters. The van der Waals surface area contributed by atoms with Gasteiger partial charge in [0.2, 0.25) is 0 Å². The fourth-order valence-electron chi connectivity index (χ4n) is 2.63. The van der Waals surface area contributed by atoms with E-state index in [1.165, 1.54) is 12.8 Å². The molecule has 88 valence electrons.